The lowest BCUT2D eigenvalue weighted by atomic mass is 9.71. The first-order chi connectivity index (χ1) is 25.9. The predicted octanol–water partition coefficient (Wildman–Crippen LogP) is 0.649. The Morgan fingerprint density at radius 2 is 1.74 bits per heavy atom. The van der Waals surface area contributed by atoms with Crippen molar-refractivity contribution in [3.05, 3.63) is 18.0 Å². The van der Waals surface area contributed by atoms with Crippen molar-refractivity contribution < 1.29 is 64.2 Å². The molecule has 3 heterocycles. The van der Waals surface area contributed by atoms with Crippen molar-refractivity contribution in [1.29, 1.82) is 0 Å². The number of aliphatic hydroxyl groups is 8. The number of hydrogen-bond donors (Lipinski definition) is 6. The Labute approximate surface area is 317 Å². The molecule has 0 radical (unpaired) electrons. The van der Waals surface area contributed by atoms with Crippen LogP contribution in [0.5, 0.6) is 0 Å². The fourth-order valence-electron chi connectivity index (χ4n) is 10.9. The van der Waals surface area contributed by atoms with Crippen molar-refractivity contribution >= 4 is 12.2 Å². The molecule has 304 valence electrons. The summed E-state index contributed by atoms with van der Waals surface area (Å²) >= 11 is 0. The highest BCUT2D eigenvalue weighted by Crippen LogP contribution is 2.47. The molecule has 4 saturated carbocycles. The van der Waals surface area contributed by atoms with Crippen molar-refractivity contribution in [3.8, 4) is 0 Å². The van der Waals surface area contributed by atoms with Crippen LogP contribution >= 0.6 is 0 Å². The number of carbonyl (C=O) groups excluding carboxylic acids is 1. The maximum atomic E-state index is 12.4. The van der Waals surface area contributed by atoms with Crippen LogP contribution in [-0.2, 0) is 23.7 Å². The number of rotatable bonds is 11. The number of methoxy groups -OCH3 is 1. The van der Waals surface area contributed by atoms with E-state index < -0.39 is 84.8 Å². The Balaban J connectivity index is 1.11. The van der Waals surface area contributed by atoms with Crippen LogP contribution in [0.4, 0.5) is 0 Å². The fraction of sp³-hybridized carbons (Fsp3) is 0.897. The molecule has 7 unspecified atom stereocenters. The zero-order valence-electron chi connectivity index (χ0n) is 31.3. The average Bonchev–Trinajstić information content (AvgIpc) is 3.66. The minimum absolute atomic E-state index is 0.0982. The number of ether oxygens (including phenoxy) is 5. The van der Waals surface area contributed by atoms with Crippen LogP contribution in [-0.4, -0.2) is 133 Å². The molecule has 15 heteroatoms. The van der Waals surface area contributed by atoms with E-state index in [9.17, 15) is 40.5 Å². The summed E-state index contributed by atoms with van der Waals surface area (Å²) in [6.45, 7) is 1.20. The normalized spacial score (nSPS) is 47.6. The molecule has 14 atom stereocenters. The average molecular weight is 766 g/mol. The first-order valence-corrected chi connectivity index (χ1v) is 20.4. The Hall–Kier alpha value is -1.60. The molecule has 2 saturated heterocycles. The van der Waals surface area contributed by atoms with E-state index in [4.69, 9.17) is 23.7 Å². The van der Waals surface area contributed by atoms with Gasteiger partial charge in [-0.05, 0) is 50.4 Å². The Morgan fingerprint density at radius 1 is 1.00 bits per heavy atom. The number of aliphatic hydroxyl groups excluding tert-OH is 4. The summed E-state index contributed by atoms with van der Waals surface area (Å²) in [6.07, 6.45) is 1.18. The van der Waals surface area contributed by atoms with E-state index in [1.807, 2.05) is 0 Å². The number of nitrogens with zero attached hydrogens (tertiary/aromatic N) is 2. The van der Waals surface area contributed by atoms with Crippen molar-refractivity contribution in [2.75, 3.05) is 7.11 Å². The number of carbonyl (C=O) groups is 1. The monoisotopic (exact) mass is 765 g/mol. The largest absolute Gasteiger partial charge is 0.547 e. The van der Waals surface area contributed by atoms with Crippen LogP contribution in [0.1, 0.15) is 109 Å². The minimum atomic E-state index is -2.54. The van der Waals surface area contributed by atoms with Gasteiger partial charge in [0.15, 0.2) is 35.9 Å². The van der Waals surface area contributed by atoms with Crippen molar-refractivity contribution in [2.24, 2.45) is 28.7 Å². The van der Waals surface area contributed by atoms with E-state index >= 15 is 0 Å². The summed E-state index contributed by atoms with van der Waals surface area (Å²) in [5.41, 5.74) is -2.54. The molecular formula is C39H61N2O13+. The first kappa shape index (κ1) is 40.6. The standard InChI is InChI=1S/C39H60N2O13/c1-50-25-11-9-23(10-12-25)27-15-26(42)30-28(51-27)16-29(33(31(30)43)54-38(48)13-5-8-22(17-38)14-21-6-3-2-4-7-21)52-37-32(44)34(45)39(49,35(53-37)36(46)47)18-24-19-40-20-41-24/h19-23,25-35,37,42-45,48-49H,2-18H2,1H3/p+1/t22-,23?,25?,26?,27?,28?,29?,30?,31?,32-,33?,34+,35-,37+,38+,39+/m1/s1. The number of fused-ring (bicyclic) bond motifs is 1. The zero-order chi connectivity index (χ0) is 38.2. The van der Waals surface area contributed by atoms with Crippen LogP contribution in [0, 0.1) is 36.4 Å². The number of carboxylic acids is 1. The molecule has 3 aliphatic heterocycles. The molecule has 15 nitrogen and oxygen atoms in total. The van der Waals surface area contributed by atoms with Gasteiger partial charge in [-0.3, -0.25) is 5.32 Å². The Kier molecular flexibility index (Phi) is 12.8. The minimum Gasteiger partial charge on any atom is -0.547 e. The molecule has 0 aromatic carbocycles. The maximum Gasteiger partial charge on any atom is 0.301 e. The number of aliphatic imine (C=N–C) groups is 1. The molecule has 54 heavy (non-hydrogen) atoms. The second-order valence-corrected chi connectivity index (χ2v) is 17.4. The van der Waals surface area contributed by atoms with Crippen LogP contribution in [0.15, 0.2) is 4.99 Å². The van der Waals surface area contributed by atoms with Crippen molar-refractivity contribution in [2.45, 2.75) is 188 Å². The van der Waals surface area contributed by atoms with Gasteiger partial charge in [-0.15, -0.1) is 0 Å². The van der Waals surface area contributed by atoms with Gasteiger partial charge >= 0.3 is 6.21 Å². The van der Waals surface area contributed by atoms with Gasteiger partial charge in [-0.25, -0.2) is 0 Å². The summed E-state index contributed by atoms with van der Waals surface area (Å²) in [5.74, 6) is -3.09. The van der Waals surface area contributed by atoms with Gasteiger partial charge in [0.25, 0.3) is 0 Å². The van der Waals surface area contributed by atoms with Crippen LogP contribution < -0.4 is 5.11 Å². The smallest absolute Gasteiger partial charge is 0.301 e. The van der Waals surface area contributed by atoms with Gasteiger partial charge in [-0.2, -0.15) is 0 Å². The van der Waals surface area contributed by atoms with E-state index in [1.54, 1.807) is 7.11 Å². The van der Waals surface area contributed by atoms with Gasteiger partial charge in [-0.1, -0.05) is 43.5 Å². The highest BCUT2D eigenvalue weighted by molar-refractivity contribution is 5.82. The highest BCUT2D eigenvalue weighted by atomic mass is 16.7. The maximum absolute atomic E-state index is 12.4. The van der Waals surface area contributed by atoms with E-state index in [0.29, 0.717) is 25.2 Å². The Morgan fingerprint density at radius 3 is 2.43 bits per heavy atom. The van der Waals surface area contributed by atoms with Crippen molar-refractivity contribution in [3.63, 3.8) is 0 Å². The number of hydrogen-bond acceptors (Lipinski definition) is 13. The molecule has 0 spiro atoms. The van der Waals surface area contributed by atoms with Gasteiger partial charge in [0, 0.05) is 38.7 Å². The van der Waals surface area contributed by atoms with E-state index in [2.05, 4.69) is 10.3 Å². The van der Waals surface area contributed by atoms with E-state index in [1.165, 1.54) is 45.0 Å². The summed E-state index contributed by atoms with van der Waals surface area (Å²) < 4.78 is 29.3. The molecule has 0 aromatic rings. The fourth-order valence-corrected chi connectivity index (χ4v) is 10.9. The molecule has 6 fully saturated rings. The third kappa shape index (κ3) is 8.63. The molecule has 0 aromatic heterocycles. The highest BCUT2D eigenvalue weighted by Gasteiger charge is 2.62. The second-order valence-electron chi connectivity index (χ2n) is 17.4. The summed E-state index contributed by atoms with van der Waals surface area (Å²) in [6, 6.07) is 0.165. The van der Waals surface area contributed by atoms with Crippen LogP contribution in [0.2, 0.25) is 0 Å². The van der Waals surface area contributed by atoms with Gasteiger partial charge in [0.1, 0.15) is 30.8 Å². The third-order valence-corrected chi connectivity index (χ3v) is 13.8. The van der Waals surface area contributed by atoms with Crippen LogP contribution in [0.25, 0.3) is 5.32 Å². The lowest BCUT2D eigenvalue weighted by molar-refractivity contribution is -0.387. The predicted molar refractivity (Wildman–Crippen MR) is 190 cm³/mol. The second kappa shape index (κ2) is 17.1. The first-order valence-electron chi connectivity index (χ1n) is 20.4. The molecule has 0 bridgehead atoms. The Bertz CT molecular complexity index is 1280. The molecule has 7 aliphatic rings. The molecule has 7 N–H and O–H groups in total. The van der Waals surface area contributed by atoms with Gasteiger partial charge in [0.05, 0.1) is 43.0 Å². The summed E-state index contributed by atoms with van der Waals surface area (Å²) in [5, 5.41) is 86.2. The van der Waals surface area contributed by atoms with Gasteiger partial charge in [0.2, 0.25) is 0 Å². The number of carboxylic acid groups (broad SMARTS) is 1. The lowest BCUT2D eigenvalue weighted by Crippen LogP contribution is -2.71. The van der Waals surface area contributed by atoms with Crippen LogP contribution in [0.3, 0.4) is 0 Å². The topological polar surface area (TPSA) is 238 Å². The molecule has 7 rings (SSSR count). The van der Waals surface area contributed by atoms with Crippen molar-refractivity contribution in [1.82, 2.24) is 0 Å². The number of aliphatic carboxylic acids is 1. The molecular weight excluding hydrogens is 704 g/mol. The third-order valence-electron chi connectivity index (χ3n) is 13.8. The lowest BCUT2D eigenvalue weighted by Gasteiger charge is -2.52. The zero-order valence-corrected chi connectivity index (χ0v) is 31.3. The molecule has 4 aliphatic carbocycles. The van der Waals surface area contributed by atoms with E-state index in [-0.39, 0.29) is 36.5 Å². The van der Waals surface area contributed by atoms with E-state index in [0.717, 1.165) is 44.9 Å². The molecule has 0 amide bonds. The summed E-state index contributed by atoms with van der Waals surface area (Å²) in [7, 11) is 1.72. The van der Waals surface area contributed by atoms with Gasteiger partial charge < -0.3 is 64.2 Å². The SMILES string of the molecule is COC1CCC(C2CC(O)C3C(CC(O[C@H]4O[C@H](C(=O)[O-])[C@](O)(C[C+]5C=N[CH+][N-]5)[C@@H](O)[C@H]4O)C(O[C@@]4(O)CCC[C@H](CC5CCCCC5)C4)C3O)[OH+]2)CC1. The summed E-state index contributed by atoms with van der Waals surface area (Å²) in [4.78, 5) is 16.2. The quantitative estimate of drug-likeness (QED) is 0.0967.